The van der Waals surface area contributed by atoms with Crippen LogP contribution < -0.4 is 35.3 Å². The normalized spacial score (nSPS) is 18.1. The molecule has 3 aromatic rings. The monoisotopic (exact) mass is 653 g/mol. The Hall–Kier alpha value is -2.31. The molecule has 41 heavy (non-hydrogen) atoms. The van der Waals surface area contributed by atoms with Gasteiger partial charge in [-0.25, -0.2) is 0 Å². The molecule has 6 rings (SSSR count). The summed E-state index contributed by atoms with van der Waals surface area (Å²) in [6.07, 6.45) is 16.3. The van der Waals surface area contributed by atoms with Crippen molar-refractivity contribution in [2.45, 2.75) is 53.9 Å². The fourth-order valence-corrected chi connectivity index (χ4v) is 6.84. The Labute approximate surface area is 273 Å². The summed E-state index contributed by atoms with van der Waals surface area (Å²) in [5.41, 5.74) is 12.7. The molecule has 0 nitrogen and oxygen atoms in total. The van der Waals surface area contributed by atoms with E-state index in [4.69, 9.17) is 0 Å². The van der Waals surface area contributed by atoms with E-state index >= 15 is 0 Å². The number of aryl methyl sites for hydroxylation is 2. The molecule has 0 bridgehead atoms. The molecule has 0 heterocycles. The number of fused-ring (bicyclic) bond motifs is 2. The van der Waals surface area contributed by atoms with E-state index in [-0.39, 0.29) is 30.2 Å². The fraction of sp³-hybridized carbons (Fsp3) is 0.237. The van der Waals surface area contributed by atoms with Gasteiger partial charge in [-0.05, 0) is 38.5 Å². The Morgan fingerprint density at radius 3 is 2.02 bits per heavy atom. The number of allylic oxidation sites excluding steroid dienone is 8. The molecule has 0 radical (unpaired) electrons. The molecule has 3 aliphatic carbocycles. The Morgan fingerprint density at radius 2 is 1.51 bits per heavy atom. The summed E-state index contributed by atoms with van der Waals surface area (Å²) in [6.45, 7) is 11.5. The summed E-state index contributed by atoms with van der Waals surface area (Å²) in [5, 5.41) is 2.68. The van der Waals surface area contributed by atoms with Gasteiger partial charge in [0.1, 0.15) is 0 Å². The molecule has 3 aromatic carbocycles. The van der Waals surface area contributed by atoms with Gasteiger partial charge in [0.15, 0.2) is 0 Å². The third kappa shape index (κ3) is 6.54. The van der Waals surface area contributed by atoms with Gasteiger partial charge >= 0.3 is 99.2 Å². The Balaban J connectivity index is 0.000000248. The average molecular weight is 656 g/mol. The van der Waals surface area contributed by atoms with E-state index in [2.05, 4.69) is 138 Å². The standard InChI is InChI=1S/C25H27.C13H10.2ClH.Zr/c1-6-18-12-16(3)23-20(14-18)15-22-21(23)13-17(4)25(5,7-2)24(22)19-10-8-9-11-19;1-3-7-12(8-4-1)11-13-9-5-2-6-10-13;;;/h8-10,12-14H,6-7,11H2,1-5H3;1-10H;2*1H;/q-1;;;;+2/p-2. The van der Waals surface area contributed by atoms with Crippen molar-refractivity contribution in [1.82, 2.24) is 0 Å². The molecular weight excluding hydrogens is 619 g/mol. The van der Waals surface area contributed by atoms with Crippen LogP contribution in [0.1, 0.15) is 62.8 Å². The van der Waals surface area contributed by atoms with Gasteiger partial charge in [0.2, 0.25) is 0 Å². The van der Waals surface area contributed by atoms with E-state index in [9.17, 15) is 0 Å². The molecule has 208 valence electrons. The van der Waals surface area contributed by atoms with Crippen LogP contribution in [-0.4, -0.2) is 3.21 Å². The summed E-state index contributed by atoms with van der Waals surface area (Å²) in [7, 11) is 0. The fourth-order valence-electron chi connectivity index (χ4n) is 6.02. The zero-order chi connectivity index (χ0) is 27.6. The second kappa shape index (κ2) is 14.2. The molecule has 0 aromatic heterocycles. The number of rotatable bonds is 5. The van der Waals surface area contributed by atoms with Gasteiger partial charge in [0, 0.05) is 0 Å². The van der Waals surface area contributed by atoms with Gasteiger partial charge in [-0.2, -0.15) is 0 Å². The van der Waals surface area contributed by atoms with Crippen LogP contribution >= 0.6 is 0 Å². The molecule has 0 amide bonds. The molecule has 0 saturated heterocycles. The minimum absolute atomic E-state index is 0. The molecule has 0 N–H and O–H groups in total. The Morgan fingerprint density at radius 1 is 0.902 bits per heavy atom. The Bertz CT molecular complexity index is 1630. The summed E-state index contributed by atoms with van der Waals surface area (Å²) < 4.78 is 1.42. The quantitative estimate of drug-likeness (QED) is 0.368. The molecule has 1 unspecified atom stereocenters. The predicted octanol–water partition coefficient (Wildman–Crippen LogP) is 1.75. The van der Waals surface area contributed by atoms with Crippen LogP contribution in [0.3, 0.4) is 0 Å². The number of hydrogen-bond donors (Lipinski definition) is 0. The van der Waals surface area contributed by atoms with E-state index < -0.39 is 0 Å². The van der Waals surface area contributed by atoms with Crippen molar-refractivity contribution in [2.75, 3.05) is 0 Å². The average Bonchev–Trinajstić information content (AvgIpc) is 3.62. The molecule has 3 aliphatic rings. The molecule has 3 heteroatoms. The summed E-state index contributed by atoms with van der Waals surface area (Å²) in [6, 6.07) is 25.8. The summed E-state index contributed by atoms with van der Waals surface area (Å²) in [5.74, 6) is 0. The van der Waals surface area contributed by atoms with Crippen molar-refractivity contribution in [3.8, 4) is 0 Å². The minimum atomic E-state index is 0. The molecule has 0 aliphatic heterocycles. The molecular formula is C38H37Cl2Zr-. The van der Waals surface area contributed by atoms with Crippen LogP contribution in [0.25, 0.3) is 11.6 Å². The van der Waals surface area contributed by atoms with Crippen LogP contribution in [0.5, 0.6) is 0 Å². The van der Waals surface area contributed by atoms with Crippen LogP contribution in [0.4, 0.5) is 0 Å². The van der Waals surface area contributed by atoms with Crippen molar-refractivity contribution >= 4 is 14.9 Å². The van der Waals surface area contributed by atoms with Crippen LogP contribution in [0.15, 0.2) is 119 Å². The van der Waals surface area contributed by atoms with E-state index in [0.717, 1.165) is 19.3 Å². The van der Waals surface area contributed by atoms with Crippen LogP contribution in [0, 0.1) is 12.3 Å². The second-order valence-electron chi connectivity index (χ2n) is 10.9. The van der Waals surface area contributed by atoms with Crippen molar-refractivity contribution in [2.24, 2.45) is 5.41 Å². The van der Waals surface area contributed by atoms with Crippen molar-refractivity contribution in [1.29, 1.82) is 0 Å². The SMILES string of the molecule is CCc1cc(C)c2c(c1)=[C-]C1=C(C3=CC=CC3)C(C)(CC)C(C)=CC=21.[Cl-].[Cl-].[Zr+2]=[C](c1ccccc1)c1ccccc1. The van der Waals surface area contributed by atoms with E-state index in [1.807, 2.05) is 0 Å². The van der Waals surface area contributed by atoms with E-state index in [1.165, 1.54) is 88.0 Å². The topological polar surface area (TPSA) is 0 Å². The zero-order valence-corrected chi connectivity index (χ0v) is 28.6. The van der Waals surface area contributed by atoms with Crippen molar-refractivity contribution in [3.63, 3.8) is 0 Å². The molecule has 0 saturated carbocycles. The van der Waals surface area contributed by atoms with Crippen molar-refractivity contribution in [3.05, 3.63) is 152 Å². The second-order valence-corrected chi connectivity index (χ2v) is 12.2. The number of benzene rings is 3. The first-order valence-electron chi connectivity index (χ1n) is 14.1. The van der Waals surface area contributed by atoms with Gasteiger partial charge in [-0.15, -0.1) is 33.7 Å². The third-order valence-corrected chi connectivity index (χ3v) is 9.98. The molecule has 1 atom stereocenters. The first kappa shape index (κ1) is 33.2. The molecule has 0 fully saturated rings. The van der Waals surface area contributed by atoms with Crippen molar-refractivity contribution < 1.29 is 49.0 Å². The number of halogens is 2. The summed E-state index contributed by atoms with van der Waals surface area (Å²) >= 11 is 1.46. The predicted molar refractivity (Wildman–Crippen MR) is 164 cm³/mol. The van der Waals surface area contributed by atoms with Gasteiger partial charge in [0.05, 0.1) is 0 Å². The Kier molecular flexibility index (Phi) is 11.5. The first-order chi connectivity index (χ1) is 18.9. The van der Waals surface area contributed by atoms with Gasteiger partial charge in [0.25, 0.3) is 0 Å². The third-order valence-electron chi connectivity index (χ3n) is 8.56. The van der Waals surface area contributed by atoms with Crippen LogP contribution in [-0.2, 0) is 30.7 Å². The van der Waals surface area contributed by atoms with Gasteiger partial charge in [-0.1, -0.05) is 79.0 Å². The summed E-state index contributed by atoms with van der Waals surface area (Å²) in [4.78, 5) is 0. The van der Waals surface area contributed by atoms with Gasteiger partial charge < -0.3 is 24.8 Å². The maximum absolute atomic E-state index is 3.82. The van der Waals surface area contributed by atoms with E-state index in [1.54, 1.807) is 0 Å². The zero-order valence-electron chi connectivity index (χ0n) is 24.6. The van der Waals surface area contributed by atoms with E-state index in [0.29, 0.717) is 0 Å². The molecule has 0 spiro atoms. The van der Waals surface area contributed by atoms with Gasteiger partial charge in [-0.3, -0.25) is 0 Å². The maximum atomic E-state index is 3.82. The van der Waals surface area contributed by atoms with Crippen LogP contribution in [0.2, 0.25) is 0 Å². The first-order valence-corrected chi connectivity index (χ1v) is 15.4. The number of hydrogen-bond acceptors (Lipinski definition) is 0.